The molecule has 9 heteroatoms. The summed E-state index contributed by atoms with van der Waals surface area (Å²) < 4.78 is 1.42. The maximum absolute atomic E-state index is 12.2. The minimum atomic E-state index is -0.442. The van der Waals surface area contributed by atoms with E-state index in [1.807, 2.05) is 6.92 Å². The zero-order chi connectivity index (χ0) is 14.9. The molecule has 1 amide bonds. The van der Waals surface area contributed by atoms with Crippen LogP contribution in [0.2, 0.25) is 10.4 Å². The second-order valence-electron chi connectivity index (χ2n) is 3.99. The molecule has 0 bridgehead atoms. The van der Waals surface area contributed by atoms with Gasteiger partial charge in [0.2, 0.25) is 5.28 Å². The SMILES string of the molecule is CCc1nn(C)c(C(=O)Nc2cc(Cl)nc(Cl)n2)c1N. The van der Waals surface area contributed by atoms with Crippen LogP contribution in [-0.2, 0) is 13.5 Å². The van der Waals surface area contributed by atoms with E-state index in [1.54, 1.807) is 7.05 Å². The van der Waals surface area contributed by atoms with Crippen molar-refractivity contribution in [2.45, 2.75) is 13.3 Å². The highest BCUT2D eigenvalue weighted by Gasteiger charge is 2.19. The van der Waals surface area contributed by atoms with Crippen LogP contribution < -0.4 is 11.1 Å². The van der Waals surface area contributed by atoms with E-state index < -0.39 is 5.91 Å². The Bertz CT molecular complexity index is 649. The molecule has 2 heterocycles. The molecule has 0 fully saturated rings. The van der Waals surface area contributed by atoms with Gasteiger partial charge in [-0.3, -0.25) is 9.48 Å². The summed E-state index contributed by atoms with van der Waals surface area (Å²) in [6.45, 7) is 1.91. The monoisotopic (exact) mass is 314 g/mol. The number of carbonyl (C=O) groups excluding carboxylic acids is 1. The zero-order valence-electron chi connectivity index (χ0n) is 10.8. The number of halogens is 2. The Balaban J connectivity index is 2.30. The number of hydrogen-bond donors (Lipinski definition) is 2. The minimum absolute atomic E-state index is 0.0555. The van der Waals surface area contributed by atoms with Crippen LogP contribution in [0.15, 0.2) is 6.07 Å². The van der Waals surface area contributed by atoms with E-state index in [1.165, 1.54) is 10.7 Å². The number of nitrogen functional groups attached to an aromatic ring is 1. The summed E-state index contributed by atoms with van der Waals surface area (Å²) in [7, 11) is 1.64. The van der Waals surface area contributed by atoms with Crippen molar-refractivity contribution in [2.75, 3.05) is 11.1 Å². The molecule has 0 saturated carbocycles. The standard InChI is InChI=1S/C11H12Cl2N6O/c1-3-5-8(14)9(19(2)18-5)10(20)16-7-4-6(12)15-11(13)17-7/h4H,3,14H2,1-2H3,(H,15,16,17,20). The van der Waals surface area contributed by atoms with Gasteiger partial charge in [-0.2, -0.15) is 5.10 Å². The van der Waals surface area contributed by atoms with Crippen LogP contribution in [0, 0.1) is 0 Å². The number of aryl methyl sites for hydroxylation is 2. The third-order valence-electron chi connectivity index (χ3n) is 2.62. The highest BCUT2D eigenvalue weighted by molar-refractivity contribution is 6.32. The van der Waals surface area contributed by atoms with Crippen molar-refractivity contribution >= 4 is 40.6 Å². The van der Waals surface area contributed by atoms with E-state index in [0.29, 0.717) is 17.8 Å². The molecule has 2 aromatic heterocycles. The molecule has 0 aliphatic carbocycles. The van der Waals surface area contributed by atoms with Gasteiger partial charge >= 0.3 is 0 Å². The Hall–Kier alpha value is -1.86. The first-order valence-corrected chi connectivity index (χ1v) is 6.50. The molecule has 3 N–H and O–H groups in total. The van der Waals surface area contributed by atoms with E-state index in [-0.39, 0.29) is 21.9 Å². The molecule has 0 aliphatic heterocycles. The first kappa shape index (κ1) is 14.5. The van der Waals surface area contributed by atoms with Gasteiger partial charge in [0.15, 0.2) is 0 Å². The number of nitrogens with zero attached hydrogens (tertiary/aromatic N) is 4. The summed E-state index contributed by atoms with van der Waals surface area (Å²) >= 11 is 11.4. The minimum Gasteiger partial charge on any atom is -0.395 e. The number of rotatable bonds is 3. The number of nitrogens with one attached hydrogen (secondary N) is 1. The zero-order valence-corrected chi connectivity index (χ0v) is 12.3. The molecule has 0 unspecified atom stereocenters. The van der Waals surface area contributed by atoms with E-state index in [0.717, 1.165) is 0 Å². The molecule has 0 spiro atoms. The van der Waals surface area contributed by atoms with Crippen LogP contribution in [0.5, 0.6) is 0 Å². The lowest BCUT2D eigenvalue weighted by molar-refractivity contribution is 0.101. The lowest BCUT2D eigenvalue weighted by Crippen LogP contribution is -2.18. The fourth-order valence-corrected chi connectivity index (χ4v) is 2.16. The largest absolute Gasteiger partial charge is 0.395 e. The normalized spacial score (nSPS) is 10.6. The lowest BCUT2D eigenvalue weighted by atomic mass is 10.2. The molecule has 0 radical (unpaired) electrons. The molecule has 0 aliphatic rings. The molecule has 106 valence electrons. The Labute approximate surface area is 125 Å². The second-order valence-corrected chi connectivity index (χ2v) is 4.71. The Kier molecular flexibility index (Phi) is 4.10. The molecule has 7 nitrogen and oxygen atoms in total. The summed E-state index contributed by atoms with van der Waals surface area (Å²) in [5, 5.41) is 6.81. The van der Waals surface area contributed by atoms with Gasteiger partial charge in [0.05, 0.1) is 11.4 Å². The van der Waals surface area contributed by atoms with Gasteiger partial charge in [-0.1, -0.05) is 18.5 Å². The van der Waals surface area contributed by atoms with Gasteiger partial charge in [0, 0.05) is 13.1 Å². The molecule has 20 heavy (non-hydrogen) atoms. The van der Waals surface area contributed by atoms with Crippen LogP contribution in [-0.4, -0.2) is 25.7 Å². The second kappa shape index (κ2) is 5.64. The molecule has 0 aromatic carbocycles. The Morgan fingerprint density at radius 1 is 1.45 bits per heavy atom. The van der Waals surface area contributed by atoms with Crippen molar-refractivity contribution in [1.82, 2.24) is 19.7 Å². The molecule has 0 atom stereocenters. The molecular weight excluding hydrogens is 303 g/mol. The van der Waals surface area contributed by atoms with Crippen molar-refractivity contribution in [1.29, 1.82) is 0 Å². The van der Waals surface area contributed by atoms with Crippen molar-refractivity contribution in [2.24, 2.45) is 7.05 Å². The quantitative estimate of drug-likeness (QED) is 0.666. The van der Waals surface area contributed by atoms with Crippen LogP contribution in [0.25, 0.3) is 0 Å². The third kappa shape index (κ3) is 2.83. The van der Waals surface area contributed by atoms with E-state index in [9.17, 15) is 4.79 Å². The first-order chi connectivity index (χ1) is 9.42. The average Bonchev–Trinajstić information content (AvgIpc) is 2.62. The van der Waals surface area contributed by atoms with Crippen molar-refractivity contribution in [3.63, 3.8) is 0 Å². The predicted octanol–water partition coefficient (Wildman–Crippen LogP) is 1.91. The first-order valence-electron chi connectivity index (χ1n) is 5.75. The van der Waals surface area contributed by atoms with Crippen LogP contribution >= 0.6 is 23.2 Å². The maximum atomic E-state index is 12.2. The number of carbonyl (C=O) groups is 1. The van der Waals surface area contributed by atoms with Crippen LogP contribution in [0.1, 0.15) is 23.1 Å². The fraction of sp³-hybridized carbons (Fsp3) is 0.273. The smallest absolute Gasteiger partial charge is 0.277 e. The summed E-state index contributed by atoms with van der Waals surface area (Å²) in [6.07, 6.45) is 0.637. The van der Waals surface area contributed by atoms with Gasteiger partial charge < -0.3 is 11.1 Å². The Morgan fingerprint density at radius 3 is 2.70 bits per heavy atom. The van der Waals surface area contributed by atoms with Crippen molar-refractivity contribution in [3.8, 4) is 0 Å². The topological polar surface area (TPSA) is 98.7 Å². The highest BCUT2D eigenvalue weighted by atomic mass is 35.5. The average molecular weight is 315 g/mol. The third-order valence-corrected chi connectivity index (χ3v) is 2.98. The maximum Gasteiger partial charge on any atom is 0.277 e. The molecule has 2 aromatic rings. The van der Waals surface area contributed by atoms with Gasteiger partial charge in [-0.15, -0.1) is 0 Å². The van der Waals surface area contributed by atoms with Crippen molar-refractivity contribution in [3.05, 3.63) is 27.9 Å². The number of amides is 1. The summed E-state index contributed by atoms with van der Waals surface area (Å²) in [5.41, 5.74) is 7.17. The molecule has 2 rings (SSSR count). The van der Waals surface area contributed by atoms with E-state index in [2.05, 4.69) is 20.4 Å². The Morgan fingerprint density at radius 2 is 2.15 bits per heavy atom. The number of anilines is 2. The van der Waals surface area contributed by atoms with E-state index >= 15 is 0 Å². The van der Waals surface area contributed by atoms with Gasteiger partial charge in [0.25, 0.3) is 5.91 Å². The van der Waals surface area contributed by atoms with Gasteiger partial charge in [-0.25, -0.2) is 9.97 Å². The van der Waals surface area contributed by atoms with Crippen LogP contribution in [0.4, 0.5) is 11.5 Å². The van der Waals surface area contributed by atoms with Gasteiger partial charge in [-0.05, 0) is 18.0 Å². The summed E-state index contributed by atoms with van der Waals surface area (Å²) in [5.74, 6) is -0.248. The molecule has 0 saturated heterocycles. The molecular formula is C11H12Cl2N6O. The number of aromatic nitrogens is 4. The van der Waals surface area contributed by atoms with Crippen molar-refractivity contribution < 1.29 is 4.79 Å². The van der Waals surface area contributed by atoms with E-state index in [4.69, 9.17) is 28.9 Å². The summed E-state index contributed by atoms with van der Waals surface area (Å²) in [6, 6.07) is 1.39. The van der Waals surface area contributed by atoms with Gasteiger partial charge in [0.1, 0.15) is 16.7 Å². The predicted molar refractivity (Wildman–Crippen MR) is 77.0 cm³/mol. The van der Waals surface area contributed by atoms with Crippen LogP contribution in [0.3, 0.4) is 0 Å². The summed E-state index contributed by atoms with van der Waals surface area (Å²) in [4.78, 5) is 19.8. The lowest BCUT2D eigenvalue weighted by Gasteiger charge is -2.06. The fourth-order valence-electron chi connectivity index (χ4n) is 1.76. The highest BCUT2D eigenvalue weighted by Crippen LogP contribution is 2.19. The number of hydrogen-bond acceptors (Lipinski definition) is 5. The number of nitrogens with two attached hydrogens (primary N) is 1.